The maximum Gasteiger partial charge on any atom is 0.296 e. The number of nitrogens with two attached hydrogens (primary N) is 2. The predicted octanol–water partition coefficient (Wildman–Crippen LogP) is -0.297. The monoisotopic (exact) mass is 190 g/mol. The van der Waals surface area contributed by atoms with Crippen LogP contribution in [-0.4, -0.2) is 13.0 Å². The zero-order valence-corrected chi connectivity index (χ0v) is 7.08. The second-order valence-electron chi connectivity index (χ2n) is 1.86. The maximum absolute atomic E-state index is 10.6. The Labute approximate surface area is 70.8 Å². The summed E-state index contributed by atoms with van der Waals surface area (Å²) in [5.74, 6) is 0. The Bertz CT molecular complexity index is 327. The molecule has 0 bridgehead atoms. The first-order valence-corrected chi connectivity index (χ1v) is 4.35. The zero-order chi connectivity index (χ0) is 9.78. The van der Waals surface area contributed by atoms with E-state index >= 15 is 0 Å². The molecule has 12 heavy (non-hydrogen) atoms. The molecular weight excluding hydrogens is 180 g/mol. The molecule has 0 atom stereocenters. The highest BCUT2D eigenvalue weighted by Gasteiger charge is 2.12. The van der Waals surface area contributed by atoms with E-state index in [9.17, 15) is 8.42 Å². The Morgan fingerprint density at radius 3 is 2.25 bits per heavy atom. The molecule has 0 aliphatic rings. The summed E-state index contributed by atoms with van der Waals surface area (Å²) in [6.45, 7) is 3.18. The van der Waals surface area contributed by atoms with Gasteiger partial charge in [0.05, 0.1) is 5.70 Å². The van der Waals surface area contributed by atoms with Crippen LogP contribution < -0.4 is 11.5 Å². The lowest BCUT2D eigenvalue weighted by atomic mass is 10.4. The molecule has 0 spiro atoms. The molecule has 0 rings (SSSR count). The second kappa shape index (κ2) is 3.93. The van der Waals surface area contributed by atoms with Crippen LogP contribution in [0.1, 0.15) is 0 Å². The normalized spacial score (nSPS) is 14.4. The van der Waals surface area contributed by atoms with E-state index in [0.717, 1.165) is 18.4 Å². The minimum Gasteiger partial charge on any atom is -0.405 e. The minimum atomic E-state index is -4.31. The lowest BCUT2D eigenvalue weighted by Gasteiger charge is -1.99. The predicted molar refractivity (Wildman–Crippen MR) is 46.3 cm³/mol. The van der Waals surface area contributed by atoms with Gasteiger partial charge in [-0.15, -0.1) is 0 Å². The van der Waals surface area contributed by atoms with E-state index in [4.69, 9.17) is 16.0 Å². The van der Waals surface area contributed by atoms with E-state index in [1.54, 1.807) is 0 Å². The van der Waals surface area contributed by atoms with E-state index in [1.165, 1.54) is 0 Å². The molecule has 5 N–H and O–H groups in total. The Morgan fingerprint density at radius 2 is 2.00 bits per heavy atom. The van der Waals surface area contributed by atoms with Gasteiger partial charge in [0, 0.05) is 0 Å². The standard InChI is InChI=1S/C6H10N2O3S/c1-2-6(12(9,10)11)5(8)3-4-7/h2-4H,1,7-8H2,(H,9,10,11)/b4-3+,6-5-. The largest absolute Gasteiger partial charge is 0.405 e. The van der Waals surface area contributed by atoms with Gasteiger partial charge in [-0.1, -0.05) is 6.58 Å². The molecule has 0 heterocycles. The molecule has 6 heteroatoms. The van der Waals surface area contributed by atoms with Crippen LogP contribution in [-0.2, 0) is 10.1 Å². The Morgan fingerprint density at radius 1 is 1.50 bits per heavy atom. The first-order chi connectivity index (χ1) is 5.43. The second-order valence-corrected chi connectivity index (χ2v) is 3.25. The SMILES string of the molecule is C=C/C(=C(N)\C=C\N)S(=O)(=O)O. The molecule has 0 amide bonds. The fourth-order valence-corrected chi connectivity index (χ4v) is 1.13. The molecule has 0 saturated heterocycles. The van der Waals surface area contributed by atoms with Crippen molar-refractivity contribution in [3.8, 4) is 0 Å². The molecule has 0 aromatic carbocycles. The fourth-order valence-electron chi connectivity index (χ4n) is 0.558. The van der Waals surface area contributed by atoms with E-state index in [0.29, 0.717) is 0 Å². The molecule has 0 aromatic heterocycles. The summed E-state index contributed by atoms with van der Waals surface area (Å²) >= 11 is 0. The molecule has 0 fully saturated rings. The molecule has 0 unspecified atom stereocenters. The summed E-state index contributed by atoms with van der Waals surface area (Å²) in [4.78, 5) is -0.454. The smallest absolute Gasteiger partial charge is 0.296 e. The number of hydrogen-bond donors (Lipinski definition) is 3. The van der Waals surface area contributed by atoms with Crippen LogP contribution in [0.4, 0.5) is 0 Å². The van der Waals surface area contributed by atoms with Crippen molar-refractivity contribution in [3.63, 3.8) is 0 Å². The van der Waals surface area contributed by atoms with E-state index in [2.05, 4.69) is 6.58 Å². The summed E-state index contributed by atoms with van der Waals surface area (Å²) in [6, 6.07) is 0. The van der Waals surface area contributed by atoms with Gasteiger partial charge in [-0.3, -0.25) is 4.55 Å². The van der Waals surface area contributed by atoms with Gasteiger partial charge in [0.1, 0.15) is 4.91 Å². The van der Waals surface area contributed by atoms with Crippen molar-refractivity contribution in [2.75, 3.05) is 0 Å². The summed E-state index contributed by atoms with van der Waals surface area (Å²) in [6.07, 6.45) is 3.14. The lowest BCUT2D eigenvalue weighted by Crippen LogP contribution is -2.08. The van der Waals surface area contributed by atoms with E-state index < -0.39 is 15.0 Å². The van der Waals surface area contributed by atoms with Gasteiger partial charge in [0.2, 0.25) is 0 Å². The van der Waals surface area contributed by atoms with Crippen LogP contribution in [0.25, 0.3) is 0 Å². The topological polar surface area (TPSA) is 106 Å². The summed E-state index contributed by atoms with van der Waals surface area (Å²) in [5, 5.41) is 0. The van der Waals surface area contributed by atoms with Crippen LogP contribution >= 0.6 is 0 Å². The highest BCUT2D eigenvalue weighted by molar-refractivity contribution is 7.90. The van der Waals surface area contributed by atoms with Gasteiger partial charge in [-0.25, -0.2) is 0 Å². The number of hydrogen-bond acceptors (Lipinski definition) is 4. The Balaban J connectivity index is 5.30. The third-order valence-electron chi connectivity index (χ3n) is 1.02. The first-order valence-electron chi connectivity index (χ1n) is 2.91. The first kappa shape index (κ1) is 10.7. The van der Waals surface area contributed by atoms with Crippen LogP contribution in [0.2, 0.25) is 0 Å². The zero-order valence-electron chi connectivity index (χ0n) is 6.27. The van der Waals surface area contributed by atoms with Gasteiger partial charge in [0.15, 0.2) is 0 Å². The van der Waals surface area contributed by atoms with Crippen LogP contribution in [0.3, 0.4) is 0 Å². The average molecular weight is 190 g/mol. The van der Waals surface area contributed by atoms with Gasteiger partial charge in [-0.05, 0) is 18.4 Å². The van der Waals surface area contributed by atoms with E-state index in [-0.39, 0.29) is 5.70 Å². The fraction of sp³-hybridized carbons (Fsp3) is 0. The van der Waals surface area contributed by atoms with Gasteiger partial charge >= 0.3 is 0 Å². The number of rotatable bonds is 3. The summed E-state index contributed by atoms with van der Waals surface area (Å²) in [5.41, 5.74) is 10.0. The van der Waals surface area contributed by atoms with E-state index in [1.807, 2.05) is 0 Å². The van der Waals surface area contributed by atoms with Crippen molar-refractivity contribution in [1.82, 2.24) is 0 Å². The van der Waals surface area contributed by atoms with Crippen LogP contribution in [0.5, 0.6) is 0 Å². The van der Waals surface area contributed by atoms with Crippen molar-refractivity contribution < 1.29 is 13.0 Å². The molecule has 68 valence electrons. The Kier molecular flexibility index (Phi) is 3.52. The molecule has 0 aliphatic heterocycles. The van der Waals surface area contributed by atoms with Crippen molar-refractivity contribution in [2.24, 2.45) is 11.5 Å². The molecular formula is C6H10N2O3S. The third kappa shape index (κ3) is 2.77. The quantitative estimate of drug-likeness (QED) is 0.418. The van der Waals surface area contributed by atoms with Crippen molar-refractivity contribution >= 4 is 10.1 Å². The van der Waals surface area contributed by atoms with Gasteiger partial charge in [-0.2, -0.15) is 8.42 Å². The minimum absolute atomic E-state index is 0.157. The summed E-state index contributed by atoms with van der Waals surface area (Å²) < 4.78 is 29.7. The molecule has 0 aliphatic carbocycles. The van der Waals surface area contributed by atoms with Crippen molar-refractivity contribution in [2.45, 2.75) is 0 Å². The van der Waals surface area contributed by atoms with Gasteiger partial charge < -0.3 is 11.5 Å². The van der Waals surface area contributed by atoms with Gasteiger partial charge in [0.25, 0.3) is 10.1 Å². The highest BCUT2D eigenvalue weighted by Crippen LogP contribution is 2.08. The maximum atomic E-state index is 10.6. The molecule has 0 aromatic rings. The molecule has 0 radical (unpaired) electrons. The average Bonchev–Trinajstić information content (AvgIpc) is 1.85. The van der Waals surface area contributed by atoms with Crippen molar-refractivity contribution in [3.05, 3.63) is 35.5 Å². The third-order valence-corrected chi connectivity index (χ3v) is 1.98. The van der Waals surface area contributed by atoms with Crippen molar-refractivity contribution in [1.29, 1.82) is 0 Å². The van der Waals surface area contributed by atoms with Crippen LogP contribution in [0, 0.1) is 0 Å². The molecule has 5 nitrogen and oxygen atoms in total. The molecule has 0 saturated carbocycles. The number of allylic oxidation sites excluding steroid dienone is 2. The summed E-state index contributed by atoms with van der Waals surface area (Å²) in [7, 11) is -4.31. The highest BCUT2D eigenvalue weighted by atomic mass is 32.2. The van der Waals surface area contributed by atoms with Crippen LogP contribution in [0.15, 0.2) is 35.5 Å². The Hall–Kier alpha value is -1.27. The lowest BCUT2D eigenvalue weighted by molar-refractivity contribution is 0.492.